The lowest BCUT2D eigenvalue weighted by Gasteiger charge is -2.19. The van der Waals surface area contributed by atoms with Gasteiger partial charge in [-0.15, -0.1) is 0 Å². The summed E-state index contributed by atoms with van der Waals surface area (Å²) in [6.07, 6.45) is 1.05. The molecular weight excluding hydrogens is 301 g/mol. The molecule has 18 heavy (non-hydrogen) atoms. The normalized spacial score (nSPS) is 11.8. The first-order valence-electron chi connectivity index (χ1n) is 5.47. The molecule has 0 amide bonds. The summed E-state index contributed by atoms with van der Waals surface area (Å²) in [6, 6.07) is 4.41. The first-order chi connectivity index (χ1) is 8.28. The van der Waals surface area contributed by atoms with E-state index in [1.165, 1.54) is 16.7 Å². The highest BCUT2D eigenvalue weighted by atomic mass is 79.9. The van der Waals surface area contributed by atoms with Crippen LogP contribution in [0.15, 0.2) is 28.9 Å². The second-order valence-corrected chi connectivity index (χ2v) is 5.84. The van der Waals surface area contributed by atoms with E-state index in [-0.39, 0.29) is 0 Å². The maximum Gasteiger partial charge on any atom is 0.418 e. The number of fused-ring (bicyclic) bond motifs is 1. The molecule has 0 saturated heterocycles. The highest BCUT2D eigenvalue weighted by molar-refractivity contribution is 9.10. The lowest BCUT2D eigenvalue weighted by atomic mass is 10.2. The van der Waals surface area contributed by atoms with Gasteiger partial charge in [0, 0.05) is 16.1 Å². The van der Waals surface area contributed by atoms with Crippen molar-refractivity contribution in [3.63, 3.8) is 0 Å². The van der Waals surface area contributed by atoms with Gasteiger partial charge in [0.2, 0.25) is 0 Å². The van der Waals surface area contributed by atoms with Crippen LogP contribution in [0.2, 0.25) is 0 Å². The Bertz CT molecular complexity index is 613. The van der Waals surface area contributed by atoms with Gasteiger partial charge < -0.3 is 4.74 Å². The molecule has 2 rings (SSSR count). The Morgan fingerprint density at radius 3 is 2.67 bits per heavy atom. The Balaban J connectivity index is 2.49. The number of halogens is 2. The van der Waals surface area contributed by atoms with Crippen molar-refractivity contribution in [2.45, 2.75) is 26.4 Å². The molecule has 0 aliphatic carbocycles. The first-order valence-corrected chi connectivity index (χ1v) is 6.27. The summed E-state index contributed by atoms with van der Waals surface area (Å²) in [7, 11) is 0. The van der Waals surface area contributed by atoms with Crippen molar-refractivity contribution in [2.24, 2.45) is 0 Å². The fraction of sp³-hybridized carbons (Fsp3) is 0.308. The van der Waals surface area contributed by atoms with Crippen molar-refractivity contribution in [2.75, 3.05) is 0 Å². The third-order valence-electron chi connectivity index (χ3n) is 2.31. The molecule has 2 aromatic rings. The molecule has 0 bridgehead atoms. The molecule has 0 fully saturated rings. The Kier molecular flexibility index (Phi) is 3.19. The largest absolute Gasteiger partial charge is 0.443 e. The van der Waals surface area contributed by atoms with Crippen LogP contribution in [0.5, 0.6) is 0 Å². The standard InChI is InChI=1S/C13H13BrFNO2/c1-13(2,3)18-12(17)16-5-4-9-10(14)6-8(15)7-11(9)16/h4-7H,1-3H3. The smallest absolute Gasteiger partial charge is 0.418 e. The van der Waals surface area contributed by atoms with Gasteiger partial charge in [-0.05, 0) is 54.9 Å². The molecule has 1 aromatic heterocycles. The fourth-order valence-electron chi connectivity index (χ4n) is 1.64. The third kappa shape index (κ3) is 2.56. The Labute approximate surface area is 113 Å². The zero-order valence-corrected chi connectivity index (χ0v) is 11.9. The van der Waals surface area contributed by atoms with E-state index < -0.39 is 17.5 Å². The lowest BCUT2D eigenvalue weighted by molar-refractivity contribution is 0.0544. The van der Waals surface area contributed by atoms with Gasteiger partial charge in [-0.1, -0.05) is 0 Å². The molecule has 96 valence electrons. The zero-order chi connectivity index (χ0) is 13.5. The van der Waals surface area contributed by atoms with Crippen molar-refractivity contribution in [1.82, 2.24) is 4.57 Å². The van der Waals surface area contributed by atoms with Crippen LogP contribution < -0.4 is 0 Å². The predicted octanol–water partition coefficient (Wildman–Crippen LogP) is 4.33. The van der Waals surface area contributed by atoms with E-state index in [1.807, 2.05) is 0 Å². The Hall–Kier alpha value is -1.36. The summed E-state index contributed by atoms with van der Waals surface area (Å²) >= 11 is 3.27. The van der Waals surface area contributed by atoms with Gasteiger partial charge in [0.1, 0.15) is 11.4 Å². The number of rotatable bonds is 0. The molecule has 0 aliphatic heterocycles. The fourth-order valence-corrected chi connectivity index (χ4v) is 2.19. The van der Waals surface area contributed by atoms with E-state index in [0.717, 1.165) is 5.39 Å². The average Bonchev–Trinajstić information content (AvgIpc) is 2.58. The van der Waals surface area contributed by atoms with Crippen molar-refractivity contribution in [3.8, 4) is 0 Å². The van der Waals surface area contributed by atoms with Gasteiger partial charge in [0.25, 0.3) is 0 Å². The van der Waals surface area contributed by atoms with Crippen molar-refractivity contribution in [1.29, 1.82) is 0 Å². The van der Waals surface area contributed by atoms with Crippen LogP contribution in [0.4, 0.5) is 9.18 Å². The number of aromatic nitrogens is 1. The number of nitrogens with zero attached hydrogens (tertiary/aromatic N) is 1. The van der Waals surface area contributed by atoms with Gasteiger partial charge in [0.15, 0.2) is 0 Å². The molecule has 0 N–H and O–H groups in total. The SMILES string of the molecule is CC(C)(C)OC(=O)n1ccc2c(Br)cc(F)cc21. The number of hydrogen-bond donors (Lipinski definition) is 0. The van der Waals surface area contributed by atoms with E-state index >= 15 is 0 Å². The second-order valence-electron chi connectivity index (χ2n) is 4.99. The molecule has 5 heteroatoms. The summed E-state index contributed by atoms with van der Waals surface area (Å²) < 4.78 is 20.5. The molecule has 0 radical (unpaired) electrons. The molecule has 0 aliphatic rings. The molecule has 0 atom stereocenters. The molecule has 0 unspecified atom stereocenters. The van der Waals surface area contributed by atoms with Gasteiger partial charge in [-0.3, -0.25) is 4.57 Å². The predicted molar refractivity (Wildman–Crippen MR) is 71.2 cm³/mol. The quantitative estimate of drug-likeness (QED) is 0.725. The molecular formula is C13H13BrFNO2. The van der Waals surface area contributed by atoms with Crippen LogP contribution >= 0.6 is 15.9 Å². The number of hydrogen-bond acceptors (Lipinski definition) is 2. The third-order valence-corrected chi connectivity index (χ3v) is 2.97. The number of carbonyl (C=O) groups is 1. The van der Waals surface area contributed by atoms with Crippen LogP contribution in [0.1, 0.15) is 20.8 Å². The Morgan fingerprint density at radius 2 is 2.06 bits per heavy atom. The minimum absolute atomic E-state index is 0.405. The van der Waals surface area contributed by atoms with Crippen molar-refractivity contribution >= 4 is 32.9 Å². The highest BCUT2D eigenvalue weighted by Crippen LogP contribution is 2.27. The number of ether oxygens (including phenoxy) is 1. The molecule has 0 saturated carbocycles. The van der Waals surface area contributed by atoms with Crippen LogP contribution in [-0.4, -0.2) is 16.3 Å². The van der Waals surface area contributed by atoms with Crippen LogP contribution in [-0.2, 0) is 4.74 Å². The van der Waals surface area contributed by atoms with E-state index in [9.17, 15) is 9.18 Å². The minimum atomic E-state index is -0.585. The zero-order valence-electron chi connectivity index (χ0n) is 10.3. The van der Waals surface area contributed by atoms with E-state index in [1.54, 1.807) is 33.0 Å². The summed E-state index contributed by atoms with van der Waals surface area (Å²) in [5.41, 5.74) is -0.103. The molecule has 0 spiro atoms. The van der Waals surface area contributed by atoms with E-state index in [4.69, 9.17) is 4.74 Å². The molecule has 1 heterocycles. The Morgan fingerprint density at radius 1 is 1.39 bits per heavy atom. The monoisotopic (exact) mass is 313 g/mol. The van der Waals surface area contributed by atoms with Gasteiger partial charge in [0.05, 0.1) is 5.52 Å². The molecule has 1 aromatic carbocycles. The van der Waals surface area contributed by atoms with Gasteiger partial charge >= 0.3 is 6.09 Å². The van der Waals surface area contributed by atoms with Crippen LogP contribution in [0.3, 0.4) is 0 Å². The second kappa shape index (κ2) is 4.39. The van der Waals surface area contributed by atoms with Crippen LogP contribution in [0.25, 0.3) is 10.9 Å². The summed E-state index contributed by atoms with van der Waals surface area (Å²) in [5, 5.41) is 0.766. The van der Waals surface area contributed by atoms with Crippen molar-refractivity contribution in [3.05, 3.63) is 34.7 Å². The maximum atomic E-state index is 13.4. The number of benzene rings is 1. The summed E-state index contributed by atoms with van der Waals surface area (Å²) in [5.74, 6) is -0.405. The van der Waals surface area contributed by atoms with Gasteiger partial charge in [-0.2, -0.15) is 0 Å². The van der Waals surface area contributed by atoms with Crippen LogP contribution in [0, 0.1) is 5.82 Å². The highest BCUT2D eigenvalue weighted by Gasteiger charge is 2.19. The minimum Gasteiger partial charge on any atom is -0.443 e. The maximum absolute atomic E-state index is 13.4. The average molecular weight is 314 g/mol. The summed E-state index contributed by atoms with van der Waals surface area (Å²) in [4.78, 5) is 12.0. The summed E-state index contributed by atoms with van der Waals surface area (Å²) in [6.45, 7) is 5.35. The van der Waals surface area contributed by atoms with E-state index in [0.29, 0.717) is 9.99 Å². The molecule has 3 nitrogen and oxygen atoms in total. The topological polar surface area (TPSA) is 31.2 Å². The van der Waals surface area contributed by atoms with Gasteiger partial charge in [-0.25, -0.2) is 9.18 Å². The first kappa shape index (κ1) is 13.1. The van der Waals surface area contributed by atoms with E-state index in [2.05, 4.69) is 15.9 Å². The number of carbonyl (C=O) groups excluding carboxylic acids is 1. The lowest BCUT2D eigenvalue weighted by Crippen LogP contribution is -2.26. The van der Waals surface area contributed by atoms with Crippen molar-refractivity contribution < 1.29 is 13.9 Å².